The highest BCUT2D eigenvalue weighted by Gasteiger charge is 2.36. The van der Waals surface area contributed by atoms with Gasteiger partial charge in [-0.05, 0) is 72.8 Å². The SMILES string of the molecule is CCN(CC)C(=O)C1=C(C)N=c2s/c(=C/c3cc(Br)c(N4CCCCC4)o3)c(=O)n2[C@@H]1c1c(OC)ccc2ccccc12. The second kappa shape index (κ2) is 12.2. The smallest absolute Gasteiger partial charge is 0.271 e. The summed E-state index contributed by atoms with van der Waals surface area (Å²) in [5.41, 5.74) is 1.61. The summed E-state index contributed by atoms with van der Waals surface area (Å²) in [6.45, 7) is 8.75. The fourth-order valence-corrected chi connectivity index (χ4v) is 7.76. The van der Waals surface area contributed by atoms with Gasteiger partial charge in [0, 0.05) is 43.9 Å². The fourth-order valence-electron chi connectivity index (χ4n) is 6.17. The topological polar surface area (TPSA) is 80.3 Å². The van der Waals surface area contributed by atoms with Gasteiger partial charge in [0.15, 0.2) is 4.80 Å². The predicted molar refractivity (Wildman–Crippen MR) is 175 cm³/mol. The Bertz CT molecular complexity index is 1910. The standard InChI is InChI=1S/C33H35BrN4O4S/c1-5-36(6-2)31(40)27-20(3)35-33-38(29(27)28-23-13-9-8-12-21(23)14-15-25(28)41-4)30(39)26(43-33)19-22-18-24(34)32(42-22)37-16-10-7-11-17-37/h8-9,12-15,18-19,29H,5-7,10-11,16-17H2,1-4H3/b26-19+/t29-/m0/s1. The number of carbonyl (C=O) groups excluding carboxylic acids is 1. The van der Waals surface area contributed by atoms with Crippen LogP contribution in [0.25, 0.3) is 16.8 Å². The van der Waals surface area contributed by atoms with E-state index >= 15 is 0 Å². The molecular weight excluding hydrogens is 628 g/mol. The van der Waals surface area contributed by atoms with Crippen LogP contribution in [-0.2, 0) is 4.79 Å². The molecule has 0 spiro atoms. The minimum absolute atomic E-state index is 0.137. The molecule has 0 N–H and O–H groups in total. The first kappa shape index (κ1) is 29.4. The van der Waals surface area contributed by atoms with Gasteiger partial charge in [-0.2, -0.15) is 0 Å². The molecule has 1 fully saturated rings. The number of methoxy groups -OCH3 is 1. The molecule has 6 rings (SSSR count). The molecule has 0 unspecified atom stereocenters. The molecule has 2 aromatic heterocycles. The number of anilines is 1. The zero-order valence-electron chi connectivity index (χ0n) is 24.9. The average molecular weight is 664 g/mol. The Morgan fingerprint density at radius 2 is 1.91 bits per heavy atom. The number of rotatable bonds is 7. The van der Waals surface area contributed by atoms with Gasteiger partial charge in [0.1, 0.15) is 17.6 Å². The number of allylic oxidation sites excluding steroid dienone is 1. The number of nitrogens with zero attached hydrogens (tertiary/aromatic N) is 4. The van der Waals surface area contributed by atoms with Gasteiger partial charge in [-0.15, -0.1) is 0 Å². The lowest BCUT2D eigenvalue weighted by molar-refractivity contribution is -0.127. The van der Waals surface area contributed by atoms with Crippen molar-refractivity contribution in [2.45, 2.75) is 46.1 Å². The van der Waals surface area contributed by atoms with Crippen molar-refractivity contribution in [3.8, 4) is 5.75 Å². The number of ether oxygens (including phenoxy) is 1. The maximum absolute atomic E-state index is 14.3. The number of fused-ring (bicyclic) bond motifs is 2. The molecule has 1 saturated heterocycles. The van der Waals surface area contributed by atoms with E-state index in [2.05, 4.69) is 20.8 Å². The summed E-state index contributed by atoms with van der Waals surface area (Å²) in [4.78, 5) is 37.9. The van der Waals surface area contributed by atoms with Crippen molar-refractivity contribution in [3.05, 3.63) is 89.2 Å². The van der Waals surface area contributed by atoms with Crippen LogP contribution >= 0.6 is 27.3 Å². The van der Waals surface area contributed by atoms with E-state index in [0.717, 1.165) is 52.6 Å². The van der Waals surface area contributed by atoms with Gasteiger partial charge in [0.25, 0.3) is 11.5 Å². The third-order valence-corrected chi connectivity index (χ3v) is 9.88. The summed E-state index contributed by atoms with van der Waals surface area (Å²) >= 11 is 4.96. The second-order valence-corrected chi connectivity index (χ2v) is 12.7. The molecular formula is C33H35BrN4O4S. The van der Waals surface area contributed by atoms with Crippen LogP contribution < -0.4 is 24.5 Å². The summed E-state index contributed by atoms with van der Waals surface area (Å²) in [6.07, 6.45) is 5.27. The van der Waals surface area contributed by atoms with Crippen LogP contribution in [0.5, 0.6) is 5.75 Å². The van der Waals surface area contributed by atoms with Crippen LogP contribution in [0.1, 0.15) is 57.4 Å². The Morgan fingerprint density at radius 3 is 2.63 bits per heavy atom. The maximum Gasteiger partial charge on any atom is 0.271 e. The molecule has 2 aliphatic heterocycles. The van der Waals surface area contributed by atoms with E-state index in [-0.39, 0.29) is 11.5 Å². The quantitative estimate of drug-likeness (QED) is 0.257. The first-order chi connectivity index (χ1) is 20.9. The van der Waals surface area contributed by atoms with E-state index in [4.69, 9.17) is 14.1 Å². The molecule has 0 aliphatic carbocycles. The molecule has 224 valence electrons. The van der Waals surface area contributed by atoms with Crippen molar-refractivity contribution in [1.82, 2.24) is 9.47 Å². The normalized spacial score (nSPS) is 17.3. The number of hydrogen-bond donors (Lipinski definition) is 0. The summed E-state index contributed by atoms with van der Waals surface area (Å²) in [6, 6.07) is 13.1. The van der Waals surface area contributed by atoms with E-state index in [1.807, 2.05) is 63.2 Å². The molecule has 0 radical (unpaired) electrons. The fraction of sp³-hybridized carbons (Fsp3) is 0.364. The summed E-state index contributed by atoms with van der Waals surface area (Å²) in [7, 11) is 1.62. The number of furan rings is 1. The van der Waals surface area contributed by atoms with Gasteiger partial charge in [-0.1, -0.05) is 41.7 Å². The molecule has 8 nitrogen and oxygen atoms in total. The van der Waals surface area contributed by atoms with E-state index in [1.54, 1.807) is 22.7 Å². The number of thiazole rings is 1. The van der Waals surface area contributed by atoms with Crippen LogP contribution in [0.4, 0.5) is 5.88 Å². The molecule has 0 bridgehead atoms. The Labute approximate surface area is 262 Å². The molecule has 0 saturated carbocycles. The van der Waals surface area contributed by atoms with Crippen molar-refractivity contribution in [2.24, 2.45) is 4.99 Å². The van der Waals surface area contributed by atoms with Gasteiger partial charge in [-0.25, -0.2) is 4.99 Å². The number of hydrogen-bond acceptors (Lipinski definition) is 7. The highest BCUT2D eigenvalue weighted by Crippen LogP contribution is 2.40. The summed E-state index contributed by atoms with van der Waals surface area (Å²) in [5, 5.41) is 1.91. The van der Waals surface area contributed by atoms with Crippen LogP contribution in [0.3, 0.4) is 0 Å². The van der Waals surface area contributed by atoms with Crippen LogP contribution in [0.2, 0.25) is 0 Å². The zero-order valence-corrected chi connectivity index (χ0v) is 27.3. The van der Waals surface area contributed by atoms with Gasteiger partial charge < -0.3 is 19.0 Å². The number of halogens is 1. The third kappa shape index (κ3) is 5.25. The lowest BCUT2D eigenvalue weighted by atomic mass is 9.90. The number of aromatic nitrogens is 1. The van der Waals surface area contributed by atoms with Gasteiger partial charge in [0.2, 0.25) is 5.88 Å². The summed E-state index contributed by atoms with van der Waals surface area (Å²) in [5.74, 6) is 1.85. The van der Waals surface area contributed by atoms with Crippen molar-refractivity contribution < 1.29 is 13.9 Å². The lowest BCUT2D eigenvalue weighted by Crippen LogP contribution is -2.43. The highest BCUT2D eigenvalue weighted by molar-refractivity contribution is 9.10. The molecule has 2 aromatic carbocycles. The molecule has 4 aromatic rings. The lowest BCUT2D eigenvalue weighted by Gasteiger charge is -2.30. The first-order valence-electron chi connectivity index (χ1n) is 14.8. The number of carbonyl (C=O) groups is 1. The van der Waals surface area contributed by atoms with E-state index < -0.39 is 6.04 Å². The maximum atomic E-state index is 14.3. The Morgan fingerprint density at radius 1 is 1.16 bits per heavy atom. The summed E-state index contributed by atoms with van der Waals surface area (Å²) < 4.78 is 15.2. The number of piperidine rings is 1. The number of amides is 1. The Balaban J connectivity index is 1.58. The van der Waals surface area contributed by atoms with E-state index in [1.165, 1.54) is 17.8 Å². The van der Waals surface area contributed by atoms with Gasteiger partial charge in [0.05, 0.1) is 27.4 Å². The first-order valence-corrected chi connectivity index (χ1v) is 16.4. The predicted octanol–water partition coefficient (Wildman–Crippen LogP) is 5.61. The minimum Gasteiger partial charge on any atom is -0.496 e. The molecule has 10 heteroatoms. The molecule has 4 heterocycles. The zero-order chi connectivity index (χ0) is 30.2. The van der Waals surface area contributed by atoms with Crippen molar-refractivity contribution in [1.29, 1.82) is 0 Å². The molecule has 43 heavy (non-hydrogen) atoms. The molecule has 1 amide bonds. The van der Waals surface area contributed by atoms with Crippen LogP contribution in [-0.4, -0.2) is 48.7 Å². The van der Waals surface area contributed by atoms with Gasteiger partial charge >= 0.3 is 0 Å². The number of likely N-dealkylation sites (N-methyl/N-ethyl adjacent to an activating group) is 1. The molecule has 2 aliphatic rings. The van der Waals surface area contributed by atoms with E-state index in [9.17, 15) is 9.59 Å². The van der Waals surface area contributed by atoms with Crippen LogP contribution in [0.15, 0.2) is 72.4 Å². The monoisotopic (exact) mass is 662 g/mol. The molecule has 1 atom stereocenters. The number of benzene rings is 2. The Hall–Kier alpha value is -3.63. The van der Waals surface area contributed by atoms with Crippen molar-refractivity contribution in [2.75, 3.05) is 38.2 Å². The van der Waals surface area contributed by atoms with Crippen LogP contribution in [0, 0.1) is 0 Å². The highest BCUT2D eigenvalue weighted by atomic mass is 79.9. The second-order valence-electron chi connectivity index (χ2n) is 10.8. The van der Waals surface area contributed by atoms with E-state index in [0.29, 0.717) is 45.2 Å². The largest absolute Gasteiger partial charge is 0.496 e. The van der Waals surface area contributed by atoms with Gasteiger partial charge in [-0.3, -0.25) is 14.2 Å². The Kier molecular flexibility index (Phi) is 8.33. The van der Waals surface area contributed by atoms with Crippen molar-refractivity contribution >= 4 is 55.9 Å². The minimum atomic E-state index is -0.722. The third-order valence-electron chi connectivity index (χ3n) is 8.33. The van der Waals surface area contributed by atoms with Crippen molar-refractivity contribution in [3.63, 3.8) is 0 Å². The average Bonchev–Trinajstić information content (AvgIpc) is 3.54.